The summed E-state index contributed by atoms with van der Waals surface area (Å²) < 4.78 is 5.88. The summed E-state index contributed by atoms with van der Waals surface area (Å²) in [5.74, 6) is -0.810. The lowest BCUT2D eigenvalue weighted by molar-refractivity contribution is -0.148. The largest absolute Gasteiger partial charge is 0.492 e. The van der Waals surface area contributed by atoms with Crippen molar-refractivity contribution in [2.24, 2.45) is 0 Å². The molecule has 2 fully saturated rings. The summed E-state index contributed by atoms with van der Waals surface area (Å²) in [5.41, 5.74) is -0.675. The Morgan fingerprint density at radius 2 is 1.51 bits per heavy atom. The Labute approximate surface area is 262 Å². The molecule has 45 heavy (non-hydrogen) atoms. The number of rotatable bonds is 8. The van der Waals surface area contributed by atoms with E-state index in [2.05, 4.69) is 20.9 Å². The van der Waals surface area contributed by atoms with Crippen molar-refractivity contribution < 1.29 is 29.0 Å². The molecule has 0 bridgehead atoms. The van der Waals surface area contributed by atoms with Crippen molar-refractivity contribution in [2.45, 2.75) is 18.4 Å². The number of carbonyl (C=O) groups is 4. The number of thiazole rings is 1. The number of barbiturate groups is 1. The number of urea groups is 1. The maximum Gasteiger partial charge on any atom is 0.328 e. The second-order valence-electron chi connectivity index (χ2n) is 10.5. The van der Waals surface area contributed by atoms with Crippen LogP contribution in [-0.4, -0.2) is 69.8 Å². The zero-order chi connectivity index (χ0) is 31.4. The van der Waals surface area contributed by atoms with Crippen LogP contribution >= 0.6 is 11.3 Å². The predicted molar refractivity (Wildman–Crippen MR) is 166 cm³/mol. The van der Waals surface area contributed by atoms with E-state index in [-0.39, 0.29) is 31.3 Å². The summed E-state index contributed by atoms with van der Waals surface area (Å²) >= 11 is 1.20. The molecular formula is C32H30N6O6S. The van der Waals surface area contributed by atoms with Crippen LogP contribution in [-0.2, 0) is 26.3 Å². The number of nitrogens with zero attached hydrogens (tertiary/aromatic N) is 3. The van der Waals surface area contributed by atoms with E-state index in [1.54, 1.807) is 34.1 Å². The van der Waals surface area contributed by atoms with Crippen LogP contribution in [0.15, 0.2) is 84.9 Å². The number of nitrogens with one attached hydrogen (secondary N) is 3. The Morgan fingerprint density at radius 3 is 2.20 bits per heavy atom. The van der Waals surface area contributed by atoms with Gasteiger partial charge in [0.25, 0.3) is 11.8 Å². The number of ether oxygens (including phenoxy) is 1. The molecule has 3 aromatic carbocycles. The second kappa shape index (κ2) is 12.8. The fourth-order valence-electron chi connectivity index (χ4n) is 5.55. The van der Waals surface area contributed by atoms with E-state index in [4.69, 9.17) is 4.74 Å². The molecule has 2 saturated heterocycles. The smallest absolute Gasteiger partial charge is 0.328 e. The first-order valence-electron chi connectivity index (χ1n) is 14.4. The average Bonchev–Trinajstić information content (AvgIpc) is 3.20. The van der Waals surface area contributed by atoms with Gasteiger partial charge in [0, 0.05) is 31.9 Å². The minimum atomic E-state index is -1.84. The molecule has 1 aromatic heterocycles. The standard InChI is InChI=1S/C32H30N6O6S/c39-26(20-25-27(40)34-31(45-25)33-22-8-3-1-4-9-22)37-16-7-17-38(19-18-37)32(28(41)35-30(43)36-29(32)42)21-12-14-24(15-13-21)44-23-10-5-2-6-11-23/h1-6,8-15,40H,7,16-20H2,(H,33,34)(H2,35,36,41,42,43). The van der Waals surface area contributed by atoms with E-state index in [0.717, 1.165) is 5.69 Å². The van der Waals surface area contributed by atoms with Crippen LogP contribution in [0.3, 0.4) is 0 Å². The topological polar surface area (TPSA) is 153 Å². The second-order valence-corrected chi connectivity index (χ2v) is 11.6. The van der Waals surface area contributed by atoms with Crippen LogP contribution in [0, 0.1) is 0 Å². The molecule has 2 aliphatic heterocycles. The van der Waals surface area contributed by atoms with E-state index in [9.17, 15) is 24.3 Å². The maximum atomic E-state index is 13.6. The first kappa shape index (κ1) is 29.8. The average molecular weight is 627 g/mol. The van der Waals surface area contributed by atoms with Crippen LogP contribution in [0.4, 0.5) is 15.6 Å². The van der Waals surface area contributed by atoms with Gasteiger partial charge in [-0.05, 0) is 48.4 Å². The number of imide groups is 2. The van der Waals surface area contributed by atoms with Gasteiger partial charge in [-0.15, -0.1) is 0 Å². The lowest BCUT2D eigenvalue weighted by atomic mass is 9.84. The van der Waals surface area contributed by atoms with Crippen molar-refractivity contribution in [2.75, 3.05) is 31.5 Å². The number of amides is 5. The minimum absolute atomic E-state index is 0.0521. The minimum Gasteiger partial charge on any atom is -0.492 e. The van der Waals surface area contributed by atoms with Crippen molar-refractivity contribution >= 4 is 45.9 Å². The van der Waals surface area contributed by atoms with E-state index < -0.39 is 23.4 Å². The molecule has 2 aliphatic rings. The van der Waals surface area contributed by atoms with Gasteiger partial charge in [0.1, 0.15) is 11.5 Å². The highest BCUT2D eigenvalue weighted by Crippen LogP contribution is 2.35. The zero-order valence-corrected chi connectivity index (χ0v) is 24.9. The van der Waals surface area contributed by atoms with Crippen molar-refractivity contribution in [1.82, 2.24) is 25.4 Å². The highest BCUT2D eigenvalue weighted by molar-refractivity contribution is 7.16. The molecular weight excluding hydrogens is 596 g/mol. The third-order valence-electron chi connectivity index (χ3n) is 7.70. The lowest BCUT2D eigenvalue weighted by Gasteiger charge is -2.42. The van der Waals surface area contributed by atoms with Crippen LogP contribution in [0.5, 0.6) is 17.4 Å². The number of hydrogen-bond acceptors (Lipinski definition) is 10. The maximum absolute atomic E-state index is 13.6. The van der Waals surface area contributed by atoms with Gasteiger partial charge in [-0.2, -0.15) is 4.98 Å². The third kappa shape index (κ3) is 6.21. The number of aromatic hydroxyl groups is 1. The van der Waals surface area contributed by atoms with E-state index in [0.29, 0.717) is 46.6 Å². The molecule has 4 N–H and O–H groups in total. The summed E-state index contributed by atoms with van der Waals surface area (Å²) in [6.07, 6.45) is 0.413. The van der Waals surface area contributed by atoms with Crippen molar-refractivity contribution in [3.8, 4) is 17.4 Å². The van der Waals surface area contributed by atoms with E-state index in [1.807, 2.05) is 60.7 Å². The number of aromatic nitrogens is 1. The molecule has 0 spiro atoms. The van der Waals surface area contributed by atoms with Gasteiger partial charge in [0.15, 0.2) is 5.13 Å². The van der Waals surface area contributed by atoms with Crippen LogP contribution in [0.2, 0.25) is 0 Å². The van der Waals surface area contributed by atoms with Crippen molar-refractivity contribution in [3.05, 3.63) is 95.4 Å². The third-order valence-corrected chi connectivity index (χ3v) is 8.66. The number of anilines is 2. The summed E-state index contributed by atoms with van der Waals surface area (Å²) in [6, 6.07) is 24.3. The first-order chi connectivity index (χ1) is 21.8. The van der Waals surface area contributed by atoms with Crippen LogP contribution < -0.4 is 20.7 Å². The van der Waals surface area contributed by atoms with E-state index >= 15 is 0 Å². The van der Waals surface area contributed by atoms with Gasteiger partial charge in [-0.1, -0.05) is 59.9 Å². The Morgan fingerprint density at radius 1 is 0.867 bits per heavy atom. The molecule has 0 aliphatic carbocycles. The normalized spacial score (nSPS) is 16.8. The van der Waals surface area contributed by atoms with Gasteiger partial charge in [-0.25, -0.2) is 4.79 Å². The first-order valence-corrected chi connectivity index (χ1v) is 15.2. The molecule has 0 radical (unpaired) electrons. The van der Waals surface area contributed by atoms with E-state index in [1.165, 1.54) is 11.3 Å². The number of carbonyl (C=O) groups excluding carboxylic acids is 4. The molecule has 230 valence electrons. The highest BCUT2D eigenvalue weighted by atomic mass is 32.1. The number of benzene rings is 3. The Hall–Kier alpha value is -5.27. The molecule has 5 amide bonds. The Bertz CT molecular complexity index is 1690. The monoisotopic (exact) mass is 626 g/mol. The zero-order valence-electron chi connectivity index (χ0n) is 24.1. The molecule has 0 saturated carbocycles. The van der Waals surface area contributed by atoms with Crippen LogP contribution in [0.1, 0.15) is 16.9 Å². The fraction of sp³-hybridized carbons (Fsp3) is 0.219. The van der Waals surface area contributed by atoms with Crippen molar-refractivity contribution in [3.63, 3.8) is 0 Å². The summed E-state index contributed by atoms with van der Waals surface area (Å²) in [6.45, 7) is 1.08. The summed E-state index contributed by atoms with van der Waals surface area (Å²) in [7, 11) is 0. The quantitative estimate of drug-likeness (QED) is 0.214. The molecule has 13 heteroatoms. The summed E-state index contributed by atoms with van der Waals surface area (Å²) in [5, 5.41) is 18.5. The number of para-hydroxylation sites is 2. The fourth-order valence-corrected chi connectivity index (χ4v) is 6.42. The number of hydrogen-bond donors (Lipinski definition) is 4. The molecule has 4 aromatic rings. The molecule has 0 unspecified atom stereocenters. The predicted octanol–water partition coefficient (Wildman–Crippen LogP) is 3.72. The van der Waals surface area contributed by atoms with Crippen LogP contribution in [0.25, 0.3) is 0 Å². The Balaban J connectivity index is 1.18. The Kier molecular flexibility index (Phi) is 8.45. The lowest BCUT2D eigenvalue weighted by Crippen LogP contribution is -2.71. The molecule has 3 heterocycles. The molecule has 6 rings (SSSR count). The van der Waals surface area contributed by atoms with Crippen molar-refractivity contribution in [1.29, 1.82) is 0 Å². The van der Waals surface area contributed by atoms with Gasteiger partial charge in [-0.3, -0.25) is 29.9 Å². The van der Waals surface area contributed by atoms with Gasteiger partial charge >= 0.3 is 6.03 Å². The molecule has 12 nitrogen and oxygen atoms in total. The SMILES string of the molecule is O=C1NC(=O)C(c2ccc(Oc3ccccc3)cc2)(N2CCCN(C(=O)Cc3sc(Nc4ccccc4)nc3O)CC2)C(=O)N1. The van der Waals surface area contributed by atoms with Gasteiger partial charge in [0.05, 0.1) is 11.3 Å². The van der Waals surface area contributed by atoms with Gasteiger partial charge < -0.3 is 20.1 Å². The summed E-state index contributed by atoms with van der Waals surface area (Å²) in [4.78, 5) is 60.5. The molecule has 0 atom stereocenters. The van der Waals surface area contributed by atoms with Gasteiger partial charge in [0.2, 0.25) is 17.3 Å². The highest BCUT2D eigenvalue weighted by Gasteiger charge is 2.56.